The van der Waals surface area contributed by atoms with E-state index in [1.165, 1.54) is 11.3 Å². The highest BCUT2D eigenvalue weighted by atomic mass is 35.5. The van der Waals surface area contributed by atoms with E-state index in [0.717, 1.165) is 27.6 Å². The molecule has 0 radical (unpaired) electrons. The lowest BCUT2D eigenvalue weighted by atomic mass is 10.2. The van der Waals surface area contributed by atoms with Crippen LogP contribution in [-0.2, 0) is 12.3 Å². The number of halogens is 2. The fraction of sp³-hybridized carbons (Fsp3) is 0.0952. The summed E-state index contributed by atoms with van der Waals surface area (Å²) in [7, 11) is 0. The normalized spacial score (nSPS) is 11.5. The van der Waals surface area contributed by atoms with Crippen LogP contribution in [0.25, 0.3) is 16.0 Å². The van der Waals surface area contributed by atoms with Crippen molar-refractivity contribution in [3.63, 3.8) is 0 Å². The fourth-order valence-electron chi connectivity index (χ4n) is 3.24. The maximum atomic E-state index is 13.1. The highest BCUT2D eigenvalue weighted by Crippen LogP contribution is 2.27. The minimum Gasteiger partial charge on any atom is -0.271 e. The first-order chi connectivity index (χ1) is 14.6. The fourth-order valence-corrected chi connectivity index (χ4v) is 5.21. The van der Waals surface area contributed by atoms with E-state index < -0.39 is 0 Å². The number of rotatable bonds is 5. The lowest BCUT2D eigenvalue weighted by molar-refractivity contribution is 0.765. The van der Waals surface area contributed by atoms with Crippen molar-refractivity contribution in [2.24, 2.45) is 0 Å². The summed E-state index contributed by atoms with van der Waals surface area (Å²) in [5, 5.41) is 12.8. The van der Waals surface area contributed by atoms with Gasteiger partial charge in [0.25, 0.3) is 5.56 Å². The molecule has 0 N–H and O–H groups in total. The van der Waals surface area contributed by atoms with Gasteiger partial charge in [0.1, 0.15) is 4.70 Å². The molecule has 0 saturated heterocycles. The van der Waals surface area contributed by atoms with Crippen LogP contribution in [0.3, 0.4) is 0 Å². The lowest BCUT2D eigenvalue weighted by Crippen LogP contribution is -2.23. The molecule has 0 spiro atoms. The van der Waals surface area contributed by atoms with Crippen LogP contribution < -0.4 is 5.56 Å². The largest absolute Gasteiger partial charge is 0.273 e. The Bertz CT molecular complexity index is 1410. The Hall–Kier alpha value is -2.32. The molecule has 3 heterocycles. The molecule has 3 aromatic heterocycles. The summed E-state index contributed by atoms with van der Waals surface area (Å²) in [6.07, 6.45) is 0. The summed E-state index contributed by atoms with van der Waals surface area (Å²) >= 11 is 15.0. The van der Waals surface area contributed by atoms with Crippen LogP contribution >= 0.6 is 46.3 Å². The van der Waals surface area contributed by atoms with Crippen LogP contribution in [0, 0.1) is 0 Å². The molecule has 0 aliphatic carbocycles. The highest BCUT2D eigenvalue weighted by Gasteiger charge is 2.18. The second-order valence-corrected chi connectivity index (χ2v) is 9.42. The molecule has 0 aliphatic rings. The van der Waals surface area contributed by atoms with E-state index in [1.807, 2.05) is 64.4 Å². The number of benzene rings is 2. The summed E-state index contributed by atoms with van der Waals surface area (Å²) in [5.74, 6) is 1.25. The average Bonchev–Trinajstić information content (AvgIpc) is 3.39. The van der Waals surface area contributed by atoms with Crippen molar-refractivity contribution in [3.05, 3.63) is 91.5 Å². The molecule has 0 bridgehead atoms. The quantitative estimate of drug-likeness (QED) is 0.305. The minimum atomic E-state index is -0.0656. The first-order valence-corrected chi connectivity index (χ1v) is 11.7. The highest BCUT2D eigenvalue weighted by molar-refractivity contribution is 7.98. The van der Waals surface area contributed by atoms with E-state index in [1.54, 1.807) is 16.3 Å². The van der Waals surface area contributed by atoms with Gasteiger partial charge in [-0.2, -0.15) is 0 Å². The number of nitrogens with zero attached hydrogens (tertiary/aromatic N) is 4. The Morgan fingerprint density at radius 3 is 2.27 bits per heavy atom. The molecule has 0 fully saturated rings. The summed E-state index contributed by atoms with van der Waals surface area (Å²) in [6, 6.07) is 17.1. The molecule has 0 saturated carbocycles. The van der Waals surface area contributed by atoms with Gasteiger partial charge in [-0.05, 0) is 46.8 Å². The number of fused-ring (bicyclic) bond motifs is 3. The molecule has 0 amide bonds. The number of thiophene rings is 1. The topological polar surface area (TPSA) is 52.2 Å². The van der Waals surface area contributed by atoms with Gasteiger partial charge < -0.3 is 0 Å². The van der Waals surface area contributed by atoms with Crippen LogP contribution in [0.4, 0.5) is 0 Å². The van der Waals surface area contributed by atoms with E-state index >= 15 is 0 Å². The van der Waals surface area contributed by atoms with Gasteiger partial charge in [-0.15, -0.1) is 21.5 Å². The predicted molar refractivity (Wildman–Crippen MR) is 124 cm³/mol. The molecule has 5 rings (SSSR count). The predicted octanol–water partition coefficient (Wildman–Crippen LogP) is 5.75. The van der Waals surface area contributed by atoms with Gasteiger partial charge in [0.05, 0.1) is 12.1 Å². The van der Waals surface area contributed by atoms with Crippen LogP contribution in [0.15, 0.2) is 69.9 Å². The van der Waals surface area contributed by atoms with Crippen molar-refractivity contribution in [2.45, 2.75) is 17.5 Å². The van der Waals surface area contributed by atoms with E-state index in [2.05, 4.69) is 10.2 Å². The minimum absolute atomic E-state index is 0.0656. The Morgan fingerprint density at radius 2 is 1.57 bits per heavy atom. The van der Waals surface area contributed by atoms with Gasteiger partial charge in [-0.25, -0.2) is 0 Å². The molecule has 150 valence electrons. The van der Waals surface area contributed by atoms with Gasteiger partial charge in [-0.1, -0.05) is 59.2 Å². The van der Waals surface area contributed by atoms with Gasteiger partial charge in [-0.3, -0.25) is 13.8 Å². The number of thioether (sulfide) groups is 1. The number of hydrogen-bond acceptors (Lipinski definition) is 5. The van der Waals surface area contributed by atoms with Gasteiger partial charge >= 0.3 is 0 Å². The third-order valence-electron chi connectivity index (χ3n) is 4.72. The molecule has 2 aromatic carbocycles. The van der Waals surface area contributed by atoms with Gasteiger partial charge in [0, 0.05) is 15.8 Å². The second kappa shape index (κ2) is 8.07. The summed E-state index contributed by atoms with van der Waals surface area (Å²) in [6.45, 7) is 0.396. The van der Waals surface area contributed by atoms with Crippen molar-refractivity contribution in [2.75, 3.05) is 0 Å². The maximum absolute atomic E-state index is 13.1. The SMILES string of the molecule is O=c1c2sccc2n2c(SCc3ccc(Cl)cc3)nnc2n1Cc1ccc(Cl)cc1. The zero-order valence-electron chi connectivity index (χ0n) is 15.5. The first kappa shape index (κ1) is 19.6. The molecule has 0 aliphatic heterocycles. The number of hydrogen-bond donors (Lipinski definition) is 0. The van der Waals surface area contributed by atoms with Gasteiger partial charge in [0.15, 0.2) is 5.16 Å². The average molecular weight is 473 g/mol. The molecule has 0 atom stereocenters. The van der Waals surface area contributed by atoms with Crippen molar-refractivity contribution in [1.82, 2.24) is 19.2 Å². The summed E-state index contributed by atoms with van der Waals surface area (Å²) in [4.78, 5) is 13.1. The Kier molecular flexibility index (Phi) is 5.28. The maximum Gasteiger partial charge on any atom is 0.273 e. The Labute approximate surface area is 189 Å². The monoisotopic (exact) mass is 472 g/mol. The van der Waals surface area contributed by atoms with Gasteiger partial charge in [0.2, 0.25) is 5.78 Å². The standard InChI is InChI=1S/C21H14Cl2N4OS2/c22-15-5-1-13(2-6-15)11-26-19(28)18-17(9-10-29-18)27-20(26)24-25-21(27)30-12-14-3-7-16(23)8-4-14/h1-10H,11-12H2. The zero-order chi connectivity index (χ0) is 20.7. The second-order valence-electron chi connectivity index (χ2n) is 6.69. The third kappa shape index (κ3) is 3.63. The van der Waals surface area contributed by atoms with Crippen LogP contribution in [-0.4, -0.2) is 19.2 Å². The van der Waals surface area contributed by atoms with Crippen molar-refractivity contribution >= 4 is 62.3 Å². The Balaban J connectivity index is 1.58. The van der Waals surface area contributed by atoms with Crippen molar-refractivity contribution in [1.29, 1.82) is 0 Å². The molecule has 0 unspecified atom stereocenters. The third-order valence-corrected chi connectivity index (χ3v) is 7.11. The first-order valence-electron chi connectivity index (χ1n) is 9.07. The van der Waals surface area contributed by atoms with Crippen molar-refractivity contribution in [3.8, 4) is 0 Å². The van der Waals surface area contributed by atoms with Crippen LogP contribution in [0.5, 0.6) is 0 Å². The lowest BCUT2D eigenvalue weighted by Gasteiger charge is -2.09. The van der Waals surface area contributed by atoms with E-state index in [-0.39, 0.29) is 5.56 Å². The van der Waals surface area contributed by atoms with Crippen LogP contribution in [0.1, 0.15) is 11.1 Å². The van der Waals surface area contributed by atoms with E-state index in [0.29, 0.717) is 27.1 Å². The summed E-state index contributed by atoms with van der Waals surface area (Å²) < 4.78 is 4.31. The van der Waals surface area contributed by atoms with Crippen LogP contribution in [0.2, 0.25) is 10.0 Å². The zero-order valence-corrected chi connectivity index (χ0v) is 18.6. The molecule has 5 aromatic rings. The van der Waals surface area contributed by atoms with E-state index in [4.69, 9.17) is 23.2 Å². The molecular weight excluding hydrogens is 459 g/mol. The molecule has 5 nitrogen and oxygen atoms in total. The molecular formula is C21H14Cl2N4OS2. The molecule has 30 heavy (non-hydrogen) atoms. The smallest absolute Gasteiger partial charge is 0.271 e. The molecule has 9 heteroatoms. The number of aromatic nitrogens is 4. The summed E-state index contributed by atoms with van der Waals surface area (Å²) in [5.41, 5.74) is 2.87. The Morgan fingerprint density at radius 1 is 0.900 bits per heavy atom. The van der Waals surface area contributed by atoms with Crippen molar-refractivity contribution < 1.29 is 0 Å². The van der Waals surface area contributed by atoms with E-state index in [9.17, 15) is 4.79 Å².